The van der Waals surface area contributed by atoms with Gasteiger partial charge in [-0.1, -0.05) is 30.2 Å². The molecule has 3 rings (SSSR count). The predicted octanol–water partition coefficient (Wildman–Crippen LogP) is 3.38. The maximum Gasteiger partial charge on any atom is 0.184 e. The monoisotopic (exact) mass is 297 g/mol. The summed E-state index contributed by atoms with van der Waals surface area (Å²) in [5, 5.41) is 0. The Labute approximate surface area is 123 Å². The zero-order valence-electron chi connectivity index (χ0n) is 11.0. The minimum Gasteiger partial charge on any atom is -0.329 e. The van der Waals surface area contributed by atoms with E-state index in [2.05, 4.69) is 9.88 Å². The van der Waals surface area contributed by atoms with Gasteiger partial charge in [0.15, 0.2) is 4.47 Å². The number of piperidine rings is 1. The second kappa shape index (κ2) is 7.80. The lowest BCUT2D eigenvalue weighted by Gasteiger charge is -2.25. The van der Waals surface area contributed by atoms with Gasteiger partial charge in [0, 0.05) is 13.1 Å². The summed E-state index contributed by atoms with van der Waals surface area (Å²) < 4.78 is 1.76. The van der Waals surface area contributed by atoms with E-state index in [-0.39, 0.29) is 0 Å². The van der Waals surface area contributed by atoms with Crippen molar-refractivity contribution in [2.45, 2.75) is 19.3 Å². The molecule has 19 heavy (non-hydrogen) atoms. The Balaban J connectivity index is 0.000000141. The lowest BCUT2D eigenvalue weighted by atomic mass is 10.1. The Morgan fingerprint density at radius 3 is 2.63 bits per heavy atom. The Kier molecular flexibility index (Phi) is 6.04. The maximum absolute atomic E-state index is 5.69. The van der Waals surface area contributed by atoms with E-state index in [1.165, 1.54) is 43.7 Å². The van der Waals surface area contributed by atoms with Crippen LogP contribution in [0.25, 0.3) is 10.2 Å². The van der Waals surface area contributed by atoms with E-state index in [0.29, 0.717) is 4.47 Å². The smallest absolute Gasteiger partial charge is 0.184 e. The average Bonchev–Trinajstić information content (AvgIpc) is 2.81. The van der Waals surface area contributed by atoms with E-state index in [9.17, 15) is 0 Å². The van der Waals surface area contributed by atoms with Crippen molar-refractivity contribution in [2.75, 3.05) is 26.2 Å². The highest BCUT2D eigenvalue weighted by Gasteiger charge is 2.07. The molecule has 0 atom stereocenters. The summed E-state index contributed by atoms with van der Waals surface area (Å²) in [5.74, 6) is 0. The van der Waals surface area contributed by atoms with Crippen LogP contribution in [0.3, 0.4) is 0 Å². The fourth-order valence-corrected chi connectivity index (χ4v) is 3.24. The third-order valence-corrected chi connectivity index (χ3v) is 4.30. The number of nitrogens with zero attached hydrogens (tertiary/aromatic N) is 2. The topological polar surface area (TPSA) is 42.1 Å². The number of thiazole rings is 1. The van der Waals surface area contributed by atoms with Crippen LogP contribution in [0.2, 0.25) is 4.47 Å². The molecule has 5 heteroatoms. The van der Waals surface area contributed by atoms with Crippen LogP contribution in [-0.2, 0) is 0 Å². The van der Waals surface area contributed by atoms with E-state index >= 15 is 0 Å². The number of hydrogen-bond donors (Lipinski definition) is 1. The molecule has 0 unspecified atom stereocenters. The third kappa shape index (κ3) is 4.73. The number of fused-ring (bicyclic) bond motifs is 1. The zero-order valence-corrected chi connectivity index (χ0v) is 12.6. The van der Waals surface area contributed by atoms with Gasteiger partial charge in [-0.15, -0.1) is 11.3 Å². The molecule has 1 aliphatic heterocycles. The molecule has 3 nitrogen and oxygen atoms in total. The van der Waals surface area contributed by atoms with Crippen molar-refractivity contribution < 1.29 is 0 Å². The molecule has 104 valence electrons. The number of rotatable bonds is 2. The van der Waals surface area contributed by atoms with Crippen LogP contribution in [0.5, 0.6) is 0 Å². The van der Waals surface area contributed by atoms with Crippen LogP contribution in [-0.4, -0.2) is 36.1 Å². The molecule has 2 heterocycles. The van der Waals surface area contributed by atoms with E-state index in [1.54, 1.807) is 0 Å². The predicted molar refractivity (Wildman–Crippen MR) is 84.0 cm³/mol. The van der Waals surface area contributed by atoms with E-state index in [4.69, 9.17) is 17.3 Å². The number of para-hydroxylation sites is 1. The number of benzene rings is 1. The highest BCUT2D eigenvalue weighted by atomic mass is 35.5. The largest absolute Gasteiger partial charge is 0.329 e. The van der Waals surface area contributed by atoms with E-state index in [1.807, 2.05) is 24.3 Å². The van der Waals surface area contributed by atoms with Crippen molar-refractivity contribution >= 4 is 33.2 Å². The minimum absolute atomic E-state index is 0.612. The molecule has 0 spiro atoms. The molecule has 2 N–H and O–H groups in total. The maximum atomic E-state index is 5.69. The number of aromatic nitrogens is 1. The van der Waals surface area contributed by atoms with Crippen LogP contribution in [0.15, 0.2) is 24.3 Å². The second-order valence-electron chi connectivity index (χ2n) is 4.63. The SMILES string of the molecule is Clc1nc2ccccc2s1.NCCN1CCCCC1. The van der Waals surface area contributed by atoms with Gasteiger partial charge in [0.2, 0.25) is 0 Å². The van der Waals surface area contributed by atoms with Crippen LogP contribution in [0.1, 0.15) is 19.3 Å². The number of hydrogen-bond acceptors (Lipinski definition) is 4. The van der Waals surface area contributed by atoms with Gasteiger partial charge in [-0.25, -0.2) is 4.98 Å². The highest BCUT2D eigenvalue weighted by molar-refractivity contribution is 7.22. The Morgan fingerprint density at radius 2 is 1.95 bits per heavy atom. The van der Waals surface area contributed by atoms with Crippen molar-refractivity contribution in [3.63, 3.8) is 0 Å². The first kappa shape index (κ1) is 14.7. The molecule has 1 aliphatic rings. The molecule has 1 aromatic heterocycles. The van der Waals surface area contributed by atoms with Gasteiger partial charge in [-0.3, -0.25) is 0 Å². The van der Waals surface area contributed by atoms with Crippen molar-refractivity contribution in [1.82, 2.24) is 9.88 Å². The van der Waals surface area contributed by atoms with Crippen LogP contribution >= 0.6 is 22.9 Å². The standard InChI is InChI=1S/C7H4ClNS.C7H16N2/c8-7-9-5-3-1-2-4-6(5)10-7;8-4-7-9-5-2-1-3-6-9/h1-4H;1-8H2. The summed E-state index contributed by atoms with van der Waals surface area (Å²) in [6.07, 6.45) is 4.17. The molecule has 0 amide bonds. The summed E-state index contributed by atoms with van der Waals surface area (Å²) >= 11 is 7.20. The first-order valence-corrected chi connectivity index (χ1v) is 7.92. The summed E-state index contributed by atoms with van der Waals surface area (Å²) in [5.41, 5.74) is 6.40. The Bertz CT molecular complexity index is 458. The van der Waals surface area contributed by atoms with Crippen molar-refractivity contribution in [3.05, 3.63) is 28.7 Å². The highest BCUT2D eigenvalue weighted by Crippen LogP contribution is 2.24. The van der Waals surface area contributed by atoms with Crippen LogP contribution < -0.4 is 5.73 Å². The molecule has 0 bridgehead atoms. The van der Waals surface area contributed by atoms with Gasteiger partial charge in [-0.05, 0) is 38.1 Å². The fraction of sp³-hybridized carbons (Fsp3) is 0.500. The van der Waals surface area contributed by atoms with Crippen LogP contribution in [0.4, 0.5) is 0 Å². The molecular formula is C14H20ClN3S. The third-order valence-electron chi connectivity index (χ3n) is 3.16. The van der Waals surface area contributed by atoms with Gasteiger partial charge < -0.3 is 10.6 Å². The Morgan fingerprint density at radius 1 is 1.21 bits per heavy atom. The van der Waals surface area contributed by atoms with Gasteiger partial charge in [0.05, 0.1) is 10.2 Å². The molecule has 1 fully saturated rings. The number of nitrogens with two attached hydrogens (primary N) is 1. The Hall–Kier alpha value is -0.680. The molecule has 0 aliphatic carbocycles. The summed E-state index contributed by atoms with van der Waals surface area (Å²) in [6, 6.07) is 7.91. The molecule has 0 saturated carbocycles. The minimum atomic E-state index is 0.612. The van der Waals surface area contributed by atoms with E-state index in [0.717, 1.165) is 23.3 Å². The van der Waals surface area contributed by atoms with Crippen LogP contribution in [0, 0.1) is 0 Å². The molecular weight excluding hydrogens is 278 g/mol. The first-order chi connectivity index (χ1) is 9.29. The lowest BCUT2D eigenvalue weighted by Crippen LogP contribution is -2.33. The molecule has 2 aromatic rings. The normalized spacial score (nSPS) is 16.1. The van der Waals surface area contributed by atoms with Gasteiger partial charge >= 0.3 is 0 Å². The molecule has 1 aromatic carbocycles. The lowest BCUT2D eigenvalue weighted by molar-refractivity contribution is 0.235. The number of halogens is 1. The first-order valence-electron chi connectivity index (χ1n) is 6.73. The van der Waals surface area contributed by atoms with E-state index < -0.39 is 0 Å². The summed E-state index contributed by atoms with van der Waals surface area (Å²) in [6.45, 7) is 4.47. The van der Waals surface area contributed by atoms with Gasteiger partial charge in [-0.2, -0.15) is 0 Å². The van der Waals surface area contributed by atoms with Crippen molar-refractivity contribution in [2.24, 2.45) is 5.73 Å². The number of likely N-dealkylation sites (tertiary alicyclic amines) is 1. The quantitative estimate of drug-likeness (QED) is 0.924. The second-order valence-corrected chi connectivity index (χ2v) is 6.24. The fourth-order valence-electron chi connectivity index (χ4n) is 2.21. The summed E-state index contributed by atoms with van der Waals surface area (Å²) in [7, 11) is 0. The zero-order chi connectivity index (χ0) is 13.5. The van der Waals surface area contributed by atoms with Crippen molar-refractivity contribution in [3.8, 4) is 0 Å². The van der Waals surface area contributed by atoms with Gasteiger partial charge in [0.1, 0.15) is 0 Å². The van der Waals surface area contributed by atoms with Gasteiger partial charge in [0.25, 0.3) is 0 Å². The molecule has 0 radical (unpaired) electrons. The molecule has 1 saturated heterocycles. The summed E-state index contributed by atoms with van der Waals surface area (Å²) in [4.78, 5) is 6.55. The van der Waals surface area contributed by atoms with Crippen molar-refractivity contribution in [1.29, 1.82) is 0 Å². The average molecular weight is 298 g/mol.